The zero-order valence-electron chi connectivity index (χ0n) is 13.0. The first kappa shape index (κ1) is 14.2. The summed E-state index contributed by atoms with van der Waals surface area (Å²) < 4.78 is 3.33. The third-order valence-electron chi connectivity index (χ3n) is 3.82. The van der Waals surface area contributed by atoms with Gasteiger partial charge >= 0.3 is 0 Å². The summed E-state index contributed by atoms with van der Waals surface area (Å²) in [6.07, 6.45) is 1.56. The van der Waals surface area contributed by atoms with Crippen molar-refractivity contribution < 1.29 is 0 Å². The Morgan fingerprint density at radius 3 is 2.33 bits per heavy atom. The van der Waals surface area contributed by atoms with Gasteiger partial charge in [-0.3, -0.25) is 4.79 Å². The van der Waals surface area contributed by atoms with E-state index in [1.54, 1.807) is 22.6 Å². The summed E-state index contributed by atoms with van der Waals surface area (Å²) in [6, 6.07) is 19.3. The highest BCUT2D eigenvalue weighted by Crippen LogP contribution is 2.18. The van der Waals surface area contributed by atoms with Crippen LogP contribution in [0.15, 0.2) is 71.7 Å². The van der Waals surface area contributed by atoms with Gasteiger partial charge in [0, 0.05) is 18.9 Å². The average molecular weight is 317 g/mol. The molecule has 2 aromatic heterocycles. The molecule has 0 amide bonds. The van der Waals surface area contributed by atoms with Gasteiger partial charge in [-0.05, 0) is 24.3 Å². The summed E-state index contributed by atoms with van der Waals surface area (Å²) in [5, 5.41) is 3.64. The van der Waals surface area contributed by atoms with E-state index in [2.05, 4.69) is 15.3 Å². The second-order valence-corrected chi connectivity index (χ2v) is 5.40. The molecular formula is C18H15N5O. The van der Waals surface area contributed by atoms with Crippen molar-refractivity contribution in [3.8, 4) is 5.69 Å². The fourth-order valence-electron chi connectivity index (χ4n) is 2.67. The number of nitrogens with one attached hydrogen (secondary N) is 1. The summed E-state index contributed by atoms with van der Waals surface area (Å²) in [6.45, 7) is 0. The first-order valence-electron chi connectivity index (χ1n) is 7.56. The first-order chi connectivity index (χ1) is 11.7. The molecule has 4 aromatic rings. The highest BCUT2D eigenvalue weighted by atomic mass is 16.1. The van der Waals surface area contributed by atoms with Crippen LogP contribution in [-0.4, -0.2) is 19.3 Å². The summed E-state index contributed by atoms with van der Waals surface area (Å²) in [5.74, 6) is 0.448. The number of hydrogen-bond acceptors (Lipinski definition) is 4. The van der Waals surface area contributed by atoms with Crippen LogP contribution in [0.2, 0.25) is 0 Å². The number of benzene rings is 2. The van der Waals surface area contributed by atoms with Crippen LogP contribution in [0.3, 0.4) is 0 Å². The molecule has 0 saturated carbocycles. The Labute approximate surface area is 138 Å². The lowest BCUT2D eigenvalue weighted by molar-refractivity contribution is 0.652. The van der Waals surface area contributed by atoms with E-state index < -0.39 is 0 Å². The van der Waals surface area contributed by atoms with E-state index in [1.165, 1.54) is 0 Å². The van der Waals surface area contributed by atoms with E-state index in [9.17, 15) is 4.79 Å². The van der Waals surface area contributed by atoms with Gasteiger partial charge in [0.1, 0.15) is 5.39 Å². The minimum absolute atomic E-state index is 0.125. The van der Waals surface area contributed by atoms with E-state index in [0.29, 0.717) is 17.0 Å². The quantitative estimate of drug-likeness (QED) is 0.631. The molecule has 4 rings (SSSR count). The Kier molecular flexibility index (Phi) is 3.35. The number of fused-ring (bicyclic) bond motifs is 1. The molecule has 118 valence electrons. The van der Waals surface area contributed by atoms with Crippen molar-refractivity contribution in [1.29, 1.82) is 0 Å². The molecule has 1 N–H and O–H groups in total. The maximum Gasteiger partial charge on any atom is 0.277 e. The van der Waals surface area contributed by atoms with Crippen LogP contribution in [-0.2, 0) is 7.05 Å². The zero-order chi connectivity index (χ0) is 16.5. The van der Waals surface area contributed by atoms with Crippen molar-refractivity contribution in [2.75, 3.05) is 5.32 Å². The normalized spacial score (nSPS) is 10.9. The molecule has 0 aliphatic carbocycles. The minimum atomic E-state index is -0.125. The number of nitrogens with zero attached hydrogens (tertiary/aromatic N) is 4. The number of aromatic nitrogens is 4. The lowest BCUT2D eigenvalue weighted by Crippen LogP contribution is -2.17. The maximum atomic E-state index is 12.4. The molecule has 0 saturated heterocycles. The van der Waals surface area contributed by atoms with Crippen LogP contribution < -0.4 is 10.9 Å². The molecule has 2 heterocycles. The van der Waals surface area contributed by atoms with Crippen LogP contribution in [0.25, 0.3) is 16.7 Å². The van der Waals surface area contributed by atoms with Crippen molar-refractivity contribution in [3.63, 3.8) is 0 Å². The summed E-state index contributed by atoms with van der Waals surface area (Å²) in [4.78, 5) is 21.2. The number of para-hydroxylation sites is 2. The van der Waals surface area contributed by atoms with Crippen molar-refractivity contribution >= 4 is 22.7 Å². The Hall–Kier alpha value is -3.41. The molecule has 6 heteroatoms. The van der Waals surface area contributed by atoms with Gasteiger partial charge in [0.2, 0.25) is 5.95 Å². The van der Waals surface area contributed by atoms with Gasteiger partial charge < -0.3 is 5.32 Å². The Morgan fingerprint density at radius 1 is 0.958 bits per heavy atom. The van der Waals surface area contributed by atoms with Gasteiger partial charge in [-0.25, -0.2) is 14.3 Å². The molecule has 0 radical (unpaired) electrons. The Morgan fingerprint density at radius 2 is 1.62 bits per heavy atom. The number of hydrogen-bond donors (Lipinski definition) is 1. The molecule has 0 bridgehead atoms. The molecule has 0 unspecified atom stereocenters. The van der Waals surface area contributed by atoms with Gasteiger partial charge in [0.15, 0.2) is 5.65 Å². The predicted octanol–water partition coefficient (Wildman–Crippen LogP) is 2.86. The topological polar surface area (TPSA) is 64.7 Å². The van der Waals surface area contributed by atoms with Crippen molar-refractivity contribution in [1.82, 2.24) is 19.3 Å². The predicted molar refractivity (Wildman–Crippen MR) is 93.8 cm³/mol. The lowest BCUT2D eigenvalue weighted by atomic mass is 10.3. The van der Waals surface area contributed by atoms with Crippen LogP contribution in [0, 0.1) is 0 Å². The van der Waals surface area contributed by atoms with Gasteiger partial charge in [-0.2, -0.15) is 4.98 Å². The maximum absolute atomic E-state index is 12.4. The average Bonchev–Trinajstić information content (AvgIpc) is 2.87. The van der Waals surface area contributed by atoms with Gasteiger partial charge in [0.05, 0.1) is 5.69 Å². The van der Waals surface area contributed by atoms with Crippen LogP contribution >= 0.6 is 0 Å². The van der Waals surface area contributed by atoms with E-state index in [1.807, 2.05) is 60.7 Å². The molecule has 24 heavy (non-hydrogen) atoms. The second-order valence-electron chi connectivity index (χ2n) is 5.40. The summed E-state index contributed by atoms with van der Waals surface area (Å²) >= 11 is 0. The molecule has 0 aliphatic rings. The number of rotatable bonds is 3. The molecular weight excluding hydrogens is 302 g/mol. The monoisotopic (exact) mass is 317 g/mol. The first-order valence-corrected chi connectivity index (χ1v) is 7.56. The van der Waals surface area contributed by atoms with Gasteiger partial charge in [-0.15, -0.1) is 0 Å². The van der Waals surface area contributed by atoms with E-state index in [4.69, 9.17) is 0 Å². The minimum Gasteiger partial charge on any atom is -0.324 e. The Balaban J connectivity index is 1.88. The highest BCUT2D eigenvalue weighted by molar-refractivity contribution is 5.77. The van der Waals surface area contributed by atoms with Crippen LogP contribution in [0.1, 0.15) is 0 Å². The van der Waals surface area contributed by atoms with Crippen molar-refractivity contribution in [2.24, 2.45) is 7.05 Å². The molecule has 0 spiro atoms. The van der Waals surface area contributed by atoms with Crippen molar-refractivity contribution in [3.05, 3.63) is 77.2 Å². The zero-order valence-corrected chi connectivity index (χ0v) is 13.0. The fraction of sp³-hybridized carbons (Fsp3) is 0.0556. The largest absolute Gasteiger partial charge is 0.324 e. The molecule has 0 atom stereocenters. The van der Waals surface area contributed by atoms with Crippen molar-refractivity contribution in [2.45, 2.75) is 0 Å². The van der Waals surface area contributed by atoms with E-state index >= 15 is 0 Å². The SMILES string of the molecule is Cn1c(=O)c2cnc(Nc3ccccc3)nc2n1-c1ccccc1. The molecule has 6 nitrogen and oxygen atoms in total. The fourth-order valence-corrected chi connectivity index (χ4v) is 2.67. The lowest BCUT2D eigenvalue weighted by Gasteiger charge is -2.09. The number of anilines is 2. The van der Waals surface area contributed by atoms with Gasteiger partial charge in [0.25, 0.3) is 5.56 Å². The van der Waals surface area contributed by atoms with E-state index in [0.717, 1.165) is 11.4 Å². The highest BCUT2D eigenvalue weighted by Gasteiger charge is 2.14. The van der Waals surface area contributed by atoms with E-state index in [-0.39, 0.29) is 5.56 Å². The molecule has 0 aliphatic heterocycles. The molecule has 2 aromatic carbocycles. The van der Waals surface area contributed by atoms with Crippen LogP contribution in [0.4, 0.5) is 11.6 Å². The summed E-state index contributed by atoms with van der Waals surface area (Å²) in [7, 11) is 1.72. The third kappa shape index (κ3) is 2.34. The smallest absolute Gasteiger partial charge is 0.277 e. The molecule has 0 fully saturated rings. The third-order valence-corrected chi connectivity index (χ3v) is 3.82. The standard InChI is InChI=1S/C18H15N5O/c1-22-17(24)15-12-19-18(20-13-8-4-2-5-9-13)21-16(15)23(22)14-10-6-3-7-11-14/h2-12H,1H3,(H,19,20,21). The van der Waals surface area contributed by atoms with Gasteiger partial charge in [-0.1, -0.05) is 36.4 Å². The van der Waals surface area contributed by atoms with Crippen LogP contribution in [0.5, 0.6) is 0 Å². The Bertz CT molecular complexity index is 1050. The summed E-state index contributed by atoms with van der Waals surface area (Å²) in [5.41, 5.74) is 2.21. The second kappa shape index (κ2) is 5.66.